The highest BCUT2D eigenvalue weighted by Crippen LogP contribution is 2.21. The summed E-state index contributed by atoms with van der Waals surface area (Å²) >= 11 is 1.60. The minimum Gasteiger partial charge on any atom is -0.469 e. The van der Waals surface area contributed by atoms with Crippen molar-refractivity contribution in [1.29, 1.82) is 0 Å². The molecule has 0 aliphatic rings. The SMILES string of the molecule is COC(=O)Cc1cccc(SCC[C@@H](C)OS(C)(=O)=O)c1. The van der Waals surface area contributed by atoms with Crippen molar-refractivity contribution in [1.82, 2.24) is 0 Å². The number of esters is 1. The number of rotatable bonds is 8. The fourth-order valence-electron chi connectivity index (χ4n) is 1.67. The summed E-state index contributed by atoms with van der Waals surface area (Å²) in [7, 11) is -2.04. The van der Waals surface area contributed by atoms with Crippen LogP contribution in [-0.4, -0.2) is 39.6 Å². The molecule has 0 aromatic heterocycles. The Hall–Kier alpha value is -1.05. The van der Waals surface area contributed by atoms with Crippen LogP contribution in [0, 0.1) is 0 Å². The van der Waals surface area contributed by atoms with Crippen LogP contribution in [0.3, 0.4) is 0 Å². The Morgan fingerprint density at radius 2 is 2.10 bits per heavy atom. The summed E-state index contributed by atoms with van der Waals surface area (Å²) in [4.78, 5) is 12.3. The van der Waals surface area contributed by atoms with Crippen LogP contribution < -0.4 is 0 Å². The van der Waals surface area contributed by atoms with Gasteiger partial charge in [-0.05, 0) is 31.0 Å². The molecule has 21 heavy (non-hydrogen) atoms. The highest BCUT2D eigenvalue weighted by atomic mass is 32.2. The fraction of sp³-hybridized carbons (Fsp3) is 0.500. The number of benzene rings is 1. The molecule has 0 saturated carbocycles. The number of thioether (sulfide) groups is 1. The monoisotopic (exact) mass is 332 g/mol. The molecule has 1 aromatic carbocycles. The van der Waals surface area contributed by atoms with E-state index >= 15 is 0 Å². The molecule has 0 N–H and O–H groups in total. The molecule has 0 saturated heterocycles. The van der Waals surface area contributed by atoms with E-state index in [-0.39, 0.29) is 18.5 Å². The maximum Gasteiger partial charge on any atom is 0.309 e. The first-order valence-corrected chi connectivity index (χ1v) is 9.27. The summed E-state index contributed by atoms with van der Waals surface area (Å²) in [6.45, 7) is 1.73. The Labute approximate surface area is 130 Å². The molecule has 1 rings (SSSR count). The van der Waals surface area contributed by atoms with Gasteiger partial charge in [0.25, 0.3) is 10.1 Å². The van der Waals surface area contributed by atoms with E-state index in [2.05, 4.69) is 4.74 Å². The van der Waals surface area contributed by atoms with E-state index in [4.69, 9.17) is 4.18 Å². The third kappa shape index (κ3) is 8.08. The average molecular weight is 332 g/mol. The van der Waals surface area contributed by atoms with Crippen LogP contribution in [0.2, 0.25) is 0 Å². The Kier molecular flexibility index (Phi) is 7.21. The van der Waals surface area contributed by atoms with Crippen molar-refractivity contribution in [3.05, 3.63) is 29.8 Å². The minimum absolute atomic E-state index is 0.249. The topological polar surface area (TPSA) is 69.7 Å². The van der Waals surface area contributed by atoms with Crippen LogP contribution in [-0.2, 0) is 30.3 Å². The lowest BCUT2D eigenvalue weighted by molar-refractivity contribution is -0.139. The van der Waals surface area contributed by atoms with Gasteiger partial charge in [0.15, 0.2) is 0 Å². The van der Waals surface area contributed by atoms with Gasteiger partial charge in [-0.15, -0.1) is 11.8 Å². The maximum absolute atomic E-state index is 11.2. The van der Waals surface area contributed by atoms with Gasteiger partial charge < -0.3 is 4.74 Å². The van der Waals surface area contributed by atoms with Crippen molar-refractivity contribution in [3.8, 4) is 0 Å². The van der Waals surface area contributed by atoms with Crippen LogP contribution in [0.4, 0.5) is 0 Å². The van der Waals surface area contributed by atoms with E-state index in [1.54, 1.807) is 18.7 Å². The van der Waals surface area contributed by atoms with E-state index in [9.17, 15) is 13.2 Å². The van der Waals surface area contributed by atoms with Crippen LogP contribution >= 0.6 is 11.8 Å². The fourth-order valence-corrected chi connectivity index (χ4v) is 3.46. The summed E-state index contributed by atoms with van der Waals surface area (Å²) in [6.07, 6.45) is 1.58. The molecule has 0 heterocycles. The second-order valence-electron chi connectivity index (χ2n) is 4.65. The summed E-state index contributed by atoms with van der Waals surface area (Å²) < 4.78 is 31.5. The van der Waals surface area contributed by atoms with Gasteiger partial charge in [-0.1, -0.05) is 12.1 Å². The number of hydrogen-bond acceptors (Lipinski definition) is 6. The lowest BCUT2D eigenvalue weighted by Gasteiger charge is -2.10. The smallest absolute Gasteiger partial charge is 0.309 e. The molecular weight excluding hydrogens is 312 g/mol. The number of carbonyl (C=O) groups is 1. The van der Waals surface area contributed by atoms with E-state index in [1.165, 1.54) is 7.11 Å². The van der Waals surface area contributed by atoms with Crippen LogP contribution in [0.25, 0.3) is 0 Å². The van der Waals surface area contributed by atoms with Gasteiger partial charge >= 0.3 is 5.97 Å². The van der Waals surface area contributed by atoms with Gasteiger partial charge in [0.1, 0.15) is 0 Å². The molecule has 0 amide bonds. The molecule has 5 nitrogen and oxygen atoms in total. The first-order valence-electron chi connectivity index (χ1n) is 6.47. The molecular formula is C14H20O5S2. The molecule has 1 atom stereocenters. The quantitative estimate of drug-likeness (QED) is 0.413. The predicted molar refractivity (Wildman–Crippen MR) is 82.9 cm³/mol. The zero-order valence-electron chi connectivity index (χ0n) is 12.4. The number of methoxy groups -OCH3 is 1. The largest absolute Gasteiger partial charge is 0.469 e. The Balaban J connectivity index is 2.45. The minimum atomic E-state index is -3.40. The van der Waals surface area contributed by atoms with Crippen molar-refractivity contribution in [2.45, 2.75) is 30.8 Å². The zero-order valence-corrected chi connectivity index (χ0v) is 14.0. The highest BCUT2D eigenvalue weighted by molar-refractivity contribution is 7.99. The predicted octanol–water partition coefficient (Wildman–Crippen LogP) is 2.25. The van der Waals surface area contributed by atoms with Crippen molar-refractivity contribution in [2.24, 2.45) is 0 Å². The number of carbonyl (C=O) groups excluding carboxylic acids is 1. The normalized spacial score (nSPS) is 12.9. The summed E-state index contributed by atoms with van der Waals surface area (Å²) in [6, 6.07) is 7.64. The molecule has 0 bridgehead atoms. The van der Waals surface area contributed by atoms with Crippen molar-refractivity contribution >= 4 is 27.8 Å². The second-order valence-corrected chi connectivity index (χ2v) is 7.42. The van der Waals surface area contributed by atoms with Crippen LogP contribution in [0.5, 0.6) is 0 Å². The number of hydrogen-bond donors (Lipinski definition) is 0. The Morgan fingerprint density at radius 3 is 2.71 bits per heavy atom. The first kappa shape index (κ1) is 18.0. The van der Waals surface area contributed by atoms with E-state index in [1.807, 2.05) is 24.3 Å². The van der Waals surface area contributed by atoms with Crippen LogP contribution in [0.1, 0.15) is 18.9 Å². The average Bonchev–Trinajstić information content (AvgIpc) is 2.37. The molecule has 0 fully saturated rings. The molecule has 0 aliphatic carbocycles. The van der Waals surface area contributed by atoms with Gasteiger partial charge in [-0.25, -0.2) is 0 Å². The molecule has 7 heteroatoms. The van der Waals surface area contributed by atoms with E-state index in [0.717, 1.165) is 22.5 Å². The number of ether oxygens (including phenoxy) is 1. The summed E-state index contributed by atoms with van der Waals surface area (Å²) in [5.74, 6) is 0.463. The lowest BCUT2D eigenvalue weighted by atomic mass is 10.1. The van der Waals surface area contributed by atoms with Gasteiger partial charge in [-0.2, -0.15) is 8.42 Å². The summed E-state index contributed by atoms with van der Waals surface area (Å²) in [5, 5.41) is 0. The zero-order chi connectivity index (χ0) is 15.9. The van der Waals surface area contributed by atoms with Crippen LogP contribution in [0.15, 0.2) is 29.2 Å². The standard InChI is InChI=1S/C14H20O5S2/c1-11(19-21(3,16)17)7-8-20-13-6-4-5-12(9-13)10-14(15)18-2/h4-6,9,11H,7-8,10H2,1-3H3/t11-/m1/s1. The van der Waals surface area contributed by atoms with Crippen molar-refractivity contribution < 1.29 is 22.1 Å². The molecule has 1 aromatic rings. The third-order valence-corrected chi connectivity index (χ3v) is 4.31. The maximum atomic E-state index is 11.2. The van der Waals surface area contributed by atoms with E-state index < -0.39 is 10.1 Å². The van der Waals surface area contributed by atoms with Crippen molar-refractivity contribution in [2.75, 3.05) is 19.1 Å². The van der Waals surface area contributed by atoms with Gasteiger partial charge in [0.2, 0.25) is 0 Å². The second kappa shape index (κ2) is 8.41. The lowest BCUT2D eigenvalue weighted by Crippen LogP contribution is -2.14. The van der Waals surface area contributed by atoms with Gasteiger partial charge in [-0.3, -0.25) is 8.98 Å². The Bertz CT molecular complexity index is 568. The van der Waals surface area contributed by atoms with E-state index in [0.29, 0.717) is 6.42 Å². The molecule has 0 spiro atoms. The molecule has 118 valence electrons. The van der Waals surface area contributed by atoms with Crippen molar-refractivity contribution in [3.63, 3.8) is 0 Å². The summed E-state index contributed by atoms with van der Waals surface area (Å²) in [5.41, 5.74) is 0.896. The molecule has 0 radical (unpaired) electrons. The first-order chi connectivity index (χ1) is 9.80. The van der Waals surface area contributed by atoms with Gasteiger partial charge in [0, 0.05) is 10.6 Å². The Morgan fingerprint density at radius 1 is 1.38 bits per heavy atom. The highest BCUT2D eigenvalue weighted by Gasteiger charge is 2.10. The molecule has 0 unspecified atom stereocenters. The van der Waals surface area contributed by atoms with Gasteiger partial charge in [0.05, 0.1) is 25.9 Å². The molecule has 0 aliphatic heterocycles. The third-order valence-electron chi connectivity index (χ3n) is 2.61.